The molecule has 0 fully saturated rings. The topological polar surface area (TPSA) is 28.2 Å². The van der Waals surface area contributed by atoms with Crippen LogP contribution in [0, 0.1) is 6.92 Å². The second-order valence-electron chi connectivity index (χ2n) is 5.29. The van der Waals surface area contributed by atoms with Crippen molar-refractivity contribution in [2.45, 2.75) is 26.8 Å². The number of anilines is 2. The van der Waals surface area contributed by atoms with Gasteiger partial charge in [0.1, 0.15) is 5.82 Å². The van der Waals surface area contributed by atoms with Crippen LogP contribution in [0.2, 0.25) is 0 Å². The van der Waals surface area contributed by atoms with Crippen molar-refractivity contribution in [2.24, 2.45) is 0 Å². The Bertz CT molecular complexity index is 607. The summed E-state index contributed by atoms with van der Waals surface area (Å²) in [6.07, 6.45) is 1.11. The molecule has 104 valence electrons. The van der Waals surface area contributed by atoms with Crippen molar-refractivity contribution >= 4 is 11.5 Å². The normalized spacial score (nSPS) is 13.6. The van der Waals surface area contributed by atoms with Crippen LogP contribution in [0.5, 0.6) is 0 Å². The summed E-state index contributed by atoms with van der Waals surface area (Å²) in [5, 5.41) is 3.38. The summed E-state index contributed by atoms with van der Waals surface area (Å²) in [4.78, 5) is 7.05. The Kier molecular flexibility index (Phi) is 3.70. The molecule has 1 aromatic heterocycles. The largest absolute Gasteiger partial charge is 0.326 e. The standard InChI is InChI=1S/C17H21N3/c1-3-18-12-14-10-13(2)19-17(11-14)20-9-8-15-6-4-5-7-16(15)20/h4-7,10-11,18H,3,8-9,12H2,1-2H3. The van der Waals surface area contributed by atoms with E-state index in [1.807, 2.05) is 0 Å². The monoisotopic (exact) mass is 267 g/mol. The Morgan fingerprint density at radius 2 is 2.10 bits per heavy atom. The van der Waals surface area contributed by atoms with E-state index in [-0.39, 0.29) is 0 Å². The van der Waals surface area contributed by atoms with E-state index in [2.05, 4.69) is 60.5 Å². The lowest BCUT2D eigenvalue weighted by Crippen LogP contribution is -2.17. The lowest BCUT2D eigenvalue weighted by atomic mass is 10.2. The second kappa shape index (κ2) is 5.63. The molecule has 2 heterocycles. The maximum atomic E-state index is 4.72. The molecule has 0 bridgehead atoms. The Morgan fingerprint density at radius 3 is 2.95 bits per heavy atom. The van der Waals surface area contributed by atoms with Gasteiger partial charge in [0, 0.05) is 24.5 Å². The Balaban J connectivity index is 1.93. The van der Waals surface area contributed by atoms with Crippen molar-refractivity contribution in [1.82, 2.24) is 10.3 Å². The van der Waals surface area contributed by atoms with Crippen LogP contribution in [0.1, 0.15) is 23.7 Å². The zero-order valence-corrected chi connectivity index (χ0v) is 12.2. The number of nitrogens with one attached hydrogen (secondary N) is 1. The van der Waals surface area contributed by atoms with Crippen molar-refractivity contribution in [3.63, 3.8) is 0 Å². The van der Waals surface area contributed by atoms with E-state index in [0.29, 0.717) is 0 Å². The summed E-state index contributed by atoms with van der Waals surface area (Å²) in [7, 11) is 0. The highest BCUT2D eigenvalue weighted by Crippen LogP contribution is 2.33. The first-order chi connectivity index (χ1) is 9.78. The minimum atomic E-state index is 0.905. The Hall–Kier alpha value is -1.87. The van der Waals surface area contributed by atoms with Crippen LogP contribution in [0.4, 0.5) is 11.5 Å². The molecule has 0 atom stereocenters. The van der Waals surface area contributed by atoms with Gasteiger partial charge in [-0.15, -0.1) is 0 Å². The maximum absolute atomic E-state index is 4.72. The molecule has 1 aliphatic rings. The van der Waals surface area contributed by atoms with Crippen molar-refractivity contribution in [2.75, 3.05) is 18.0 Å². The Labute approximate surface area is 120 Å². The van der Waals surface area contributed by atoms with Gasteiger partial charge in [0.2, 0.25) is 0 Å². The fraction of sp³-hybridized carbons (Fsp3) is 0.353. The van der Waals surface area contributed by atoms with Crippen LogP contribution in [-0.4, -0.2) is 18.1 Å². The molecule has 0 unspecified atom stereocenters. The number of pyridine rings is 1. The average molecular weight is 267 g/mol. The summed E-state index contributed by atoms with van der Waals surface area (Å²) in [6, 6.07) is 13.0. The maximum Gasteiger partial charge on any atom is 0.133 e. The summed E-state index contributed by atoms with van der Waals surface area (Å²) in [5.74, 6) is 1.07. The molecule has 2 aromatic rings. The molecular weight excluding hydrogens is 246 g/mol. The molecule has 1 aromatic carbocycles. The van der Waals surface area contributed by atoms with E-state index in [0.717, 1.165) is 37.6 Å². The van der Waals surface area contributed by atoms with E-state index in [4.69, 9.17) is 4.98 Å². The zero-order valence-electron chi connectivity index (χ0n) is 12.2. The first-order valence-corrected chi connectivity index (χ1v) is 7.31. The highest BCUT2D eigenvalue weighted by atomic mass is 15.2. The second-order valence-corrected chi connectivity index (χ2v) is 5.29. The number of nitrogens with zero attached hydrogens (tertiary/aromatic N) is 2. The van der Waals surface area contributed by atoms with E-state index in [1.165, 1.54) is 16.8 Å². The zero-order chi connectivity index (χ0) is 13.9. The van der Waals surface area contributed by atoms with Gasteiger partial charge in [0.25, 0.3) is 0 Å². The van der Waals surface area contributed by atoms with E-state index in [1.54, 1.807) is 0 Å². The van der Waals surface area contributed by atoms with Crippen LogP contribution in [0.3, 0.4) is 0 Å². The predicted molar refractivity (Wildman–Crippen MR) is 83.5 cm³/mol. The number of para-hydroxylation sites is 1. The van der Waals surface area contributed by atoms with Crippen LogP contribution >= 0.6 is 0 Å². The molecule has 3 rings (SSSR count). The van der Waals surface area contributed by atoms with Crippen LogP contribution in [0.25, 0.3) is 0 Å². The number of hydrogen-bond donors (Lipinski definition) is 1. The minimum absolute atomic E-state index is 0.905. The number of aromatic nitrogens is 1. The van der Waals surface area contributed by atoms with E-state index in [9.17, 15) is 0 Å². The third kappa shape index (κ3) is 2.54. The fourth-order valence-corrected chi connectivity index (χ4v) is 2.81. The van der Waals surface area contributed by atoms with Gasteiger partial charge in [-0.1, -0.05) is 25.1 Å². The number of rotatable bonds is 4. The number of hydrogen-bond acceptors (Lipinski definition) is 3. The van der Waals surface area contributed by atoms with E-state index >= 15 is 0 Å². The highest BCUT2D eigenvalue weighted by Gasteiger charge is 2.21. The Morgan fingerprint density at radius 1 is 1.25 bits per heavy atom. The van der Waals surface area contributed by atoms with E-state index < -0.39 is 0 Å². The first-order valence-electron chi connectivity index (χ1n) is 7.31. The summed E-state index contributed by atoms with van der Waals surface area (Å²) in [5.41, 5.74) is 5.11. The average Bonchev–Trinajstić information content (AvgIpc) is 2.88. The molecule has 1 N–H and O–H groups in total. The van der Waals surface area contributed by atoms with Crippen molar-refractivity contribution < 1.29 is 0 Å². The molecule has 0 radical (unpaired) electrons. The van der Waals surface area contributed by atoms with Gasteiger partial charge in [-0.05, 0) is 49.2 Å². The van der Waals surface area contributed by atoms with Gasteiger partial charge >= 0.3 is 0 Å². The summed E-state index contributed by atoms with van der Waals surface area (Å²) < 4.78 is 0. The number of aryl methyl sites for hydroxylation is 1. The van der Waals surface area contributed by atoms with Crippen LogP contribution in [-0.2, 0) is 13.0 Å². The molecule has 0 amide bonds. The van der Waals surface area contributed by atoms with Gasteiger partial charge in [-0.25, -0.2) is 4.98 Å². The smallest absolute Gasteiger partial charge is 0.133 e. The summed E-state index contributed by atoms with van der Waals surface area (Å²) in [6.45, 7) is 7.12. The van der Waals surface area contributed by atoms with Crippen molar-refractivity contribution in [3.05, 3.63) is 53.2 Å². The van der Waals surface area contributed by atoms with Gasteiger partial charge in [0.15, 0.2) is 0 Å². The highest BCUT2D eigenvalue weighted by molar-refractivity contribution is 5.67. The molecule has 1 aliphatic heterocycles. The third-order valence-electron chi connectivity index (χ3n) is 3.74. The SMILES string of the molecule is CCNCc1cc(C)nc(N2CCc3ccccc32)c1. The first kappa shape index (κ1) is 13.1. The molecule has 3 heteroatoms. The molecular formula is C17H21N3. The van der Waals surface area contributed by atoms with Crippen LogP contribution < -0.4 is 10.2 Å². The molecule has 20 heavy (non-hydrogen) atoms. The lowest BCUT2D eigenvalue weighted by Gasteiger charge is -2.20. The van der Waals surface area contributed by atoms with Gasteiger partial charge in [0.05, 0.1) is 0 Å². The van der Waals surface area contributed by atoms with Crippen LogP contribution in [0.15, 0.2) is 36.4 Å². The van der Waals surface area contributed by atoms with Crippen molar-refractivity contribution in [3.8, 4) is 0 Å². The lowest BCUT2D eigenvalue weighted by molar-refractivity contribution is 0.724. The fourth-order valence-electron chi connectivity index (χ4n) is 2.81. The quantitative estimate of drug-likeness (QED) is 0.922. The van der Waals surface area contributed by atoms with Gasteiger partial charge < -0.3 is 10.2 Å². The summed E-state index contributed by atoms with van der Waals surface area (Å²) >= 11 is 0. The predicted octanol–water partition coefficient (Wildman–Crippen LogP) is 3.19. The molecule has 3 nitrogen and oxygen atoms in total. The van der Waals surface area contributed by atoms with Gasteiger partial charge in [-0.3, -0.25) is 0 Å². The molecule has 0 saturated carbocycles. The number of fused-ring (bicyclic) bond motifs is 1. The third-order valence-corrected chi connectivity index (χ3v) is 3.74. The van der Waals surface area contributed by atoms with Crippen molar-refractivity contribution in [1.29, 1.82) is 0 Å². The molecule has 0 spiro atoms. The molecule has 0 aliphatic carbocycles. The molecule has 0 saturated heterocycles. The minimum Gasteiger partial charge on any atom is -0.326 e. The number of benzene rings is 1. The van der Waals surface area contributed by atoms with Gasteiger partial charge in [-0.2, -0.15) is 0 Å².